The van der Waals surface area contributed by atoms with Crippen molar-refractivity contribution in [2.75, 3.05) is 17.7 Å². The van der Waals surface area contributed by atoms with Crippen molar-refractivity contribution in [1.82, 2.24) is 4.98 Å². The molecule has 2 amide bonds. The van der Waals surface area contributed by atoms with E-state index in [4.69, 9.17) is 9.84 Å². The number of thiazole rings is 1. The second-order valence-corrected chi connectivity index (χ2v) is 9.89. The molecule has 3 N–H and O–H groups in total. The van der Waals surface area contributed by atoms with E-state index in [1.807, 2.05) is 66.0 Å². The minimum atomic E-state index is -1.21. The van der Waals surface area contributed by atoms with Crippen molar-refractivity contribution in [2.45, 2.75) is 10.1 Å². The van der Waals surface area contributed by atoms with Crippen LogP contribution in [0.4, 0.5) is 10.8 Å². The average Bonchev–Trinajstić information content (AvgIpc) is 3.39. The molecule has 0 aliphatic heterocycles. The number of nitrogens with zero attached hydrogens (tertiary/aromatic N) is 1. The van der Waals surface area contributed by atoms with E-state index < -0.39 is 17.1 Å². The molecule has 192 valence electrons. The molecule has 0 aliphatic carbocycles. The molecule has 3 aromatic carbocycles. The van der Waals surface area contributed by atoms with Crippen LogP contribution in [0.3, 0.4) is 0 Å². The van der Waals surface area contributed by atoms with Crippen LogP contribution in [0, 0.1) is 0 Å². The number of methoxy groups -OCH3 is 1. The van der Waals surface area contributed by atoms with Crippen LogP contribution in [-0.4, -0.2) is 35.0 Å². The van der Waals surface area contributed by atoms with E-state index in [0.29, 0.717) is 10.8 Å². The molecule has 4 rings (SSSR count). The molecule has 38 heavy (non-hydrogen) atoms. The maximum absolute atomic E-state index is 13.4. The van der Waals surface area contributed by atoms with E-state index >= 15 is 0 Å². The number of carbonyl (C=O) groups is 3. The molecule has 0 aliphatic rings. The molecule has 0 saturated heterocycles. The number of rotatable bonds is 10. The molecule has 0 radical (unpaired) electrons. The molecule has 0 saturated carbocycles. The van der Waals surface area contributed by atoms with Gasteiger partial charge in [0.05, 0.1) is 12.8 Å². The largest absolute Gasteiger partial charge is 0.497 e. The van der Waals surface area contributed by atoms with Crippen LogP contribution in [0.15, 0.2) is 101 Å². The molecule has 0 fully saturated rings. The van der Waals surface area contributed by atoms with Crippen LogP contribution >= 0.6 is 23.1 Å². The number of aliphatic carboxylic acids is 1. The first-order valence-electron chi connectivity index (χ1n) is 11.4. The van der Waals surface area contributed by atoms with E-state index in [1.54, 1.807) is 25.3 Å². The number of hydrogen-bond donors (Lipinski definition) is 3. The van der Waals surface area contributed by atoms with Crippen LogP contribution in [0.25, 0.3) is 11.3 Å². The lowest BCUT2D eigenvalue weighted by Crippen LogP contribution is -2.19. The van der Waals surface area contributed by atoms with Crippen LogP contribution in [0.5, 0.6) is 5.75 Å². The van der Waals surface area contributed by atoms with Gasteiger partial charge in [0.25, 0.3) is 0 Å². The Bertz CT molecular complexity index is 1450. The Morgan fingerprint density at radius 1 is 0.974 bits per heavy atom. The lowest BCUT2D eigenvalue weighted by atomic mass is 10.1. The maximum atomic E-state index is 13.4. The Balaban J connectivity index is 1.51. The maximum Gasteiger partial charge on any atom is 0.328 e. The van der Waals surface area contributed by atoms with Gasteiger partial charge in [0.2, 0.25) is 11.8 Å². The third-order valence-electron chi connectivity index (χ3n) is 5.19. The lowest BCUT2D eigenvalue weighted by molar-refractivity contribution is -0.131. The summed E-state index contributed by atoms with van der Waals surface area (Å²) >= 11 is 2.66. The summed E-state index contributed by atoms with van der Waals surface area (Å²) < 4.78 is 5.20. The Labute approximate surface area is 227 Å². The van der Waals surface area contributed by atoms with E-state index in [-0.39, 0.29) is 5.91 Å². The zero-order chi connectivity index (χ0) is 26.9. The molecule has 4 aromatic rings. The van der Waals surface area contributed by atoms with Crippen LogP contribution in [0.1, 0.15) is 10.8 Å². The minimum Gasteiger partial charge on any atom is -0.497 e. The third kappa shape index (κ3) is 7.31. The van der Waals surface area contributed by atoms with Crippen LogP contribution < -0.4 is 15.4 Å². The smallest absolute Gasteiger partial charge is 0.328 e. The number of anilines is 2. The van der Waals surface area contributed by atoms with Gasteiger partial charge >= 0.3 is 5.97 Å². The van der Waals surface area contributed by atoms with Crippen molar-refractivity contribution >= 4 is 51.7 Å². The fourth-order valence-corrected chi connectivity index (χ4v) is 5.22. The highest BCUT2D eigenvalue weighted by Gasteiger charge is 2.23. The monoisotopic (exact) mass is 545 g/mol. The van der Waals surface area contributed by atoms with Gasteiger partial charge < -0.3 is 20.5 Å². The van der Waals surface area contributed by atoms with Gasteiger partial charge in [0, 0.05) is 33.7 Å². The second-order valence-electron chi connectivity index (χ2n) is 7.85. The van der Waals surface area contributed by atoms with Crippen LogP contribution in [0.2, 0.25) is 0 Å². The number of carboxylic acid groups (broad SMARTS) is 1. The standard InChI is InChI=1S/C28H23N3O5S2/c1-36-21-12-10-18(11-13-21)23-17-37-28(30-23)31-27(35)26(19-6-3-2-4-7-19)38-22-9-5-8-20(16-22)29-24(32)14-15-25(33)34/h2-17,26H,1H3,(H,29,32)(H,33,34)(H,30,31,35)/b15-14+. The molecule has 1 unspecified atom stereocenters. The highest BCUT2D eigenvalue weighted by Crippen LogP contribution is 2.37. The summed E-state index contributed by atoms with van der Waals surface area (Å²) in [4.78, 5) is 41.4. The topological polar surface area (TPSA) is 118 Å². The van der Waals surface area contributed by atoms with E-state index in [9.17, 15) is 14.4 Å². The molecule has 1 atom stereocenters. The van der Waals surface area contributed by atoms with Crippen molar-refractivity contribution in [3.63, 3.8) is 0 Å². The van der Waals surface area contributed by atoms with Gasteiger partial charge in [-0.15, -0.1) is 23.1 Å². The highest BCUT2D eigenvalue weighted by atomic mass is 32.2. The van der Waals surface area contributed by atoms with Crippen molar-refractivity contribution < 1.29 is 24.2 Å². The van der Waals surface area contributed by atoms with E-state index in [2.05, 4.69) is 15.6 Å². The Morgan fingerprint density at radius 2 is 1.74 bits per heavy atom. The summed E-state index contributed by atoms with van der Waals surface area (Å²) in [6, 6.07) is 23.9. The number of thioether (sulfide) groups is 1. The van der Waals surface area contributed by atoms with Gasteiger partial charge in [-0.3, -0.25) is 9.59 Å². The molecule has 1 heterocycles. The van der Waals surface area contributed by atoms with Crippen molar-refractivity contribution in [1.29, 1.82) is 0 Å². The second kappa shape index (κ2) is 12.7. The van der Waals surface area contributed by atoms with Gasteiger partial charge in [-0.05, 0) is 48.0 Å². The third-order valence-corrected chi connectivity index (χ3v) is 7.20. The normalized spacial score (nSPS) is 11.6. The fourth-order valence-electron chi connectivity index (χ4n) is 3.41. The molecule has 8 nitrogen and oxygen atoms in total. The number of benzene rings is 3. The zero-order valence-electron chi connectivity index (χ0n) is 20.2. The van der Waals surface area contributed by atoms with Gasteiger partial charge in [-0.2, -0.15) is 0 Å². The minimum absolute atomic E-state index is 0.240. The first kappa shape index (κ1) is 26.6. The number of carboxylic acids is 1. The summed E-state index contributed by atoms with van der Waals surface area (Å²) in [5.41, 5.74) is 2.94. The first-order valence-corrected chi connectivity index (χ1v) is 13.1. The van der Waals surface area contributed by atoms with Crippen molar-refractivity contribution in [3.05, 3.63) is 102 Å². The number of hydrogen-bond acceptors (Lipinski definition) is 7. The Hall–Kier alpha value is -4.41. The average molecular weight is 546 g/mol. The quantitative estimate of drug-likeness (QED) is 0.168. The summed E-state index contributed by atoms with van der Waals surface area (Å²) in [5.74, 6) is -1.27. The summed E-state index contributed by atoms with van der Waals surface area (Å²) in [7, 11) is 1.61. The van der Waals surface area contributed by atoms with E-state index in [0.717, 1.165) is 39.6 Å². The molecular weight excluding hydrogens is 522 g/mol. The molecular formula is C28H23N3O5S2. The highest BCUT2D eigenvalue weighted by molar-refractivity contribution is 8.00. The zero-order valence-corrected chi connectivity index (χ0v) is 21.8. The molecule has 10 heteroatoms. The summed E-state index contributed by atoms with van der Waals surface area (Å²) in [6.45, 7) is 0. The molecule has 1 aromatic heterocycles. The van der Waals surface area contributed by atoms with Crippen molar-refractivity contribution in [2.24, 2.45) is 0 Å². The number of nitrogens with one attached hydrogen (secondary N) is 2. The van der Waals surface area contributed by atoms with Gasteiger partial charge in [0.1, 0.15) is 11.0 Å². The fraction of sp³-hybridized carbons (Fsp3) is 0.0714. The predicted molar refractivity (Wildman–Crippen MR) is 150 cm³/mol. The van der Waals surface area contributed by atoms with Crippen LogP contribution in [-0.2, 0) is 14.4 Å². The SMILES string of the molecule is COc1ccc(-c2csc(NC(=O)C(Sc3cccc(NC(=O)/C=C/C(=O)O)c3)c3ccccc3)n2)cc1. The Kier molecular flexibility index (Phi) is 8.91. The number of amides is 2. The summed E-state index contributed by atoms with van der Waals surface area (Å²) in [6.07, 6.45) is 1.71. The Morgan fingerprint density at radius 3 is 2.45 bits per heavy atom. The van der Waals surface area contributed by atoms with Gasteiger partial charge in [0.15, 0.2) is 5.13 Å². The van der Waals surface area contributed by atoms with E-state index in [1.165, 1.54) is 23.1 Å². The number of ether oxygens (including phenoxy) is 1. The number of carbonyl (C=O) groups excluding carboxylic acids is 2. The lowest BCUT2D eigenvalue weighted by Gasteiger charge is -2.17. The summed E-state index contributed by atoms with van der Waals surface area (Å²) in [5, 5.41) is 16.0. The molecule has 0 bridgehead atoms. The predicted octanol–water partition coefficient (Wildman–Crippen LogP) is 5.87. The molecule has 0 spiro atoms. The number of aromatic nitrogens is 1. The van der Waals surface area contributed by atoms with Gasteiger partial charge in [-0.1, -0.05) is 36.4 Å². The van der Waals surface area contributed by atoms with Gasteiger partial charge in [-0.25, -0.2) is 9.78 Å². The first-order chi connectivity index (χ1) is 18.4. The van der Waals surface area contributed by atoms with Crippen molar-refractivity contribution in [3.8, 4) is 17.0 Å².